The maximum absolute atomic E-state index is 14.0. The zero-order valence-electron chi connectivity index (χ0n) is 16.1. The number of aryl methyl sites for hydroxylation is 1. The third-order valence-electron chi connectivity index (χ3n) is 4.26. The highest BCUT2D eigenvalue weighted by Gasteiger charge is 2.18. The SMILES string of the molecule is COCCc1ccc(Oc2c(C)cc(F)cc2C(=O)Nc2cc[nH]c(=O)c2)cc1. The number of methoxy groups -OCH3 is 1. The summed E-state index contributed by atoms with van der Waals surface area (Å²) in [5, 5.41) is 2.59. The van der Waals surface area contributed by atoms with Gasteiger partial charge in [-0.1, -0.05) is 12.1 Å². The summed E-state index contributed by atoms with van der Waals surface area (Å²) in [4.78, 5) is 26.6. The van der Waals surface area contributed by atoms with E-state index in [-0.39, 0.29) is 16.9 Å². The molecule has 0 fully saturated rings. The first-order chi connectivity index (χ1) is 14.0. The molecule has 0 aliphatic rings. The molecule has 0 saturated heterocycles. The summed E-state index contributed by atoms with van der Waals surface area (Å²) < 4.78 is 25.0. The second kappa shape index (κ2) is 9.16. The van der Waals surface area contributed by atoms with Crippen LogP contribution in [0.5, 0.6) is 11.5 Å². The van der Waals surface area contributed by atoms with Crippen molar-refractivity contribution >= 4 is 11.6 Å². The lowest BCUT2D eigenvalue weighted by atomic mass is 10.1. The lowest BCUT2D eigenvalue weighted by molar-refractivity contribution is 0.102. The number of nitrogens with one attached hydrogen (secondary N) is 2. The highest BCUT2D eigenvalue weighted by atomic mass is 19.1. The van der Waals surface area contributed by atoms with Crippen LogP contribution in [0.4, 0.5) is 10.1 Å². The van der Waals surface area contributed by atoms with E-state index in [0.717, 1.165) is 18.1 Å². The number of carbonyl (C=O) groups is 1. The smallest absolute Gasteiger partial charge is 0.259 e. The van der Waals surface area contributed by atoms with Gasteiger partial charge in [-0.05, 0) is 54.8 Å². The minimum atomic E-state index is -0.579. The van der Waals surface area contributed by atoms with Gasteiger partial charge in [0, 0.05) is 25.1 Å². The molecule has 7 heteroatoms. The summed E-state index contributed by atoms with van der Waals surface area (Å²) in [5.74, 6) is -0.366. The van der Waals surface area contributed by atoms with Gasteiger partial charge in [0.15, 0.2) is 0 Å². The number of aromatic nitrogens is 1. The van der Waals surface area contributed by atoms with Crippen LogP contribution in [-0.4, -0.2) is 24.6 Å². The molecular weight excluding hydrogens is 375 g/mol. The van der Waals surface area contributed by atoms with E-state index in [0.29, 0.717) is 23.6 Å². The third-order valence-corrected chi connectivity index (χ3v) is 4.26. The van der Waals surface area contributed by atoms with Crippen molar-refractivity contribution in [3.63, 3.8) is 0 Å². The van der Waals surface area contributed by atoms with E-state index < -0.39 is 11.7 Å². The first-order valence-corrected chi connectivity index (χ1v) is 9.02. The van der Waals surface area contributed by atoms with Crippen LogP contribution in [-0.2, 0) is 11.2 Å². The van der Waals surface area contributed by atoms with Crippen molar-refractivity contribution in [1.29, 1.82) is 0 Å². The Kier molecular flexibility index (Phi) is 6.41. The van der Waals surface area contributed by atoms with Crippen LogP contribution in [0, 0.1) is 12.7 Å². The monoisotopic (exact) mass is 396 g/mol. The molecule has 3 rings (SSSR count). The van der Waals surface area contributed by atoms with Gasteiger partial charge in [0.2, 0.25) is 5.56 Å². The van der Waals surface area contributed by atoms with Crippen molar-refractivity contribution in [2.75, 3.05) is 19.0 Å². The van der Waals surface area contributed by atoms with Crippen molar-refractivity contribution in [2.45, 2.75) is 13.3 Å². The van der Waals surface area contributed by atoms with E-state index >= 15 is 0 Å². The van der Waals surface area contributed by atoms with Crippen LogP contribution in [0.1, 0.15) is 21.5 Å². The predicted octanol–water partition coefficient (Wildman–Crippen LogP) is 4.06. The number of carbonyl (C=O) groups excluding carboxylic acids is 1. The Morgan fingerprint density at radius 1 is 1.14 bits per heavy atom. The summed E-state index contributed by atoms with van der Waals surface area (Å²) in [5.41, 5.74) is 1.54. The number of hydrogen-bond donors (Lipinski definition) is 2. The van der Waals surface area contributed by atoms with Crippen molar-refractivity contribution in [1.82, 2.24) is 4.98 Å². The zero-order valence-corrected chi connectivity index (χ0v) is 16.1. The minimum Gasteiger partial charge on any atom is -0.456 e. The summed E-state index contributed by atoms with van der Waals surface area (Å²) in [6.07, 6.45) is 2.19. The molecule has 0 bridgehead atoms. The van der Waals surface area contributed by atoms with Gasteiger partial charge in [0.1, 0.15) is 17.3 Å². The van der Waals surface area contributed by atoms with E-state index in [1.165, 1.54) is 24.4 Å². The number of hydrogen-bond acceptors (Lipinski definition) is 4. The summed E-state index contributed by atoms with van der Waals surface area (Å²) in [6.45, 7) is 2.28. The minimum absolute atomic E-state index is 0.0336. The molecule has 29 heavy (non-hydrogen) atoms. The van der Waals surface area contributed by atoms with Crippen molar-refractivity contribution < 1.29 is 18.7 Å². The van der Waals surface area contributed by atoms with Gasteiger partial charge in [0.05, 0.1) is 12.2 Å². The van der Waals surface area contributed by atoms with E-state index in [4.69, 9.17) is 9.47 Å². The summed E-state index contributed by atoms with van der Waals surface area (Å²) in [7, 11) is 1.65. The fourth-order valence-electron chi connectivity index (χ4n) is 2.82. The highest BCUT2D eigenvalue weighted by Crippen LogP contribution is 2.31. The Balaban J connectivity index is 1.86. The summed E-state index contributed by atoms with van der Waals surface area (Å²) in [6, 6.07) is 12.6. The average molecular weight is 396 g/mol. The summed E-state index contributed by atoms with van der Waals surface area (Å²) >= 11 is 0. The fourth-order valence-corrected chi connectivity index (χ4v) is 2.82. The molecule has 0 atom stereocenters. The molecule has 150 valence electrons. The molecule has 3 aromatic rings. The average Bonchev–Trinajstić information content (AvgIpc) is 2.69. The van der Waals surface area contributed by atoms with Gasteiger partial charge in [0.25, 0.3) is 5.91 Å². The molecular formula is C22H21FN2O4. The molecule has 1 aromatic heterocycles. The van der Waals surface area contributed by atoms with E-state index in [1.54, 1.807) is 26.2 Å². The Morgan fingerprint density at radius 2 is 1.90 bits per heavy atom. The lowest BCUT2D eigenvalue weighted by Crippen LogP contribution is -2.16. The Morgan fingerprint density at radius 3 is 2.59 bits per heavy atom. The quantitative estimate of drug-likeness (QED) is 0.631. The number of benzene rings is 2. The fraction of sp³-hybridized carbons (Fsp3) is 0.182. The molecule has 1 amide bonds. The topological polar surface area (TPSA) is 80.4 Å². The van der Waals surface area contributed by atoms with Crippen molar-refractivity contribution in [3.8, 4) is 11.5 Å². The van der Waals surface area contributed by atoms with E-state index in [2.05, 4.69) is 10.3 Å². The number of halogens is 1. The van der Waals surface area contributed by atoms with E-state index in [9.17, 15) is 14.0 Å². The predicted molar refractivity (Wildman–Crippen MR) is 108 cm³/mol. The Bertz CT molecular complexity index is 1060. The van der Waals surface area contributed by atoms with Gasteiger partial charge < -0.3 is 19.8 Å². The molecule has 0 unspecified atom stereocenters. The van der Waals surface area contributed by atoms with Gasteiger partial charge in [-0.25, -0.2) is 4.39 Å². The molecule has 1 heterocycles. The number of anilines is 1. The number of H-pyrrole nitrogens is 1. The van der Waals surface area contributed by atoms with Gasteiger partial charge in [-0.15, -0.1) is 0 Å². The maximum Gasteiger partial charge on any atom is 0.259 e. The number of amides is 1. The third kappa shape index (κ3) is 5.30. The largest absolute Gasteiger partial charge is 0.456 e. The van der Waals surface area contributed by atoms with Crippen LogP contribution in [0.15, 0.2) is 59.5 Å². The standard InChI is InChI=1S/C22H21FN2O4/c1-14-11-16(23)12-19(22(27)25-17-7-9-24-20(26)13-17)21(14)29-18-5-3-15(4-6-18)8-10-28-2/h3-7,9,11-13H,8,10H2,1-2H3,(H2,24,25,26,27). The molecule has 2 N–H and O–H groups in total. The van der Waals surface area contributed by atoms with Gasteiger partial charge >= 0.3 is 0 Å². The normalized spacial score (nSPS) is 10.6. The molecule has 0 aliphatic heterocycles. The van der Waals surface area contributed by atoms with Crippen LogP contribution in [0.3, 0.4) is 0 Å². The van der Waals surface area contributed by atoms with Crippen molar-refractivity contribution in [3.05, 3.63) is 87.6 Å². The Labute approximate surface area is 167 Å². The maximum atomic E-state index is 14.0. The van der Waals surface area contributed by atoms with Crippen LogP contribution in [0.2, 0.25) is 0 Å². The van der Waals surface area contributed by atoms with Crippen molar-refractivity contribution in [2.24, 2.45) is 0 Å². The lowest BCUT2D eigenvalue weighted by Gasteiger charge is -2.15. The molecule has 2 aromatic carbocycles. The number of aromatic amines is 1. The first kappa shape index (κ1) is 20.3. The second-order valence-electron chi connectivity index (χ2n) is 6.48. The molecule has 0 radical (unpaired) electrons. The number of pyridine rings is 1. The molecule has 0 saturated carbocycles. The number of rotatable bonds is 7. The highest BCUT2D eigenvalue weighted by molar-refractivity contribution is 6.06. The van der Waals surface area contributed by atoms with Gasteiger partial charge in [-0.3, -0.25) is 9.59 Å². The molecule has 6 nitrogen and oxygen atoms in total. The van der Waals surface area contributed by atoms with Crippen LogP contribution >= 0.6 is 0 Å². The molecule has 0 aliphatic carbocycles. The number of ether oxygens (including phenoxy) is 2. The van der Waals surface area contributed by atoms with Crippen LogP contribution < -0.4 is 15.6 Å². The second-order valence-corrected chi connectivity index (χ2v) is 6.48. The Hall–Kier alpha value is -3.45. The molecule has 0 spiro atoms. The van der Waals surface area contributed by atoms with E-state index in [1.807, 2.05) is 12.1 Å². The first-order valence-electron chi connectivity index (χ1n) is 9.02. The van der Waals surface area contributed by atoms with Gasteiger partial charge in [-0.2, -0.15) is 0 Å². The van der Waals surface area contributed by atoms with Crippen LogP contribution in [0.25, 0.3) is 0 Å². The zero-order chi connectivity index (χ0) is 20.8.